The first-order chi connectivity index (χ1) is 14.6. The van der Waals surface area contributed by atoms with E-state index in [1.807, 2.05) is 23.1 Å². The Balaban J connectivity index is 1.43. The molecule has 0 radical (unpaired) electrons. The average molecular weight is 410 g/mol. The molecule has 0 unspecified atom stereocenters. The standard InChI is InChI=1S/C24H27FN2O3/c25-19-14-12-18(13-15-19)17-27(20-7-2-1-3-8-20)23(28)11-6-16-26-21-9-4-5-10-22(21)30-24(26)29/h4-5,9-10,12-15,20H,1-3,6-8,11,16-17H2. The molecule has 0 N–H and O–H groups in total. The minimum atomic E-state index is -0.390. The predicted molar refractivity (Wildman–Crippen MR) is 114 cm³/mol. The number of hydrogen-bond donors (Lipinski definition) is 0. The van der Waals surface area contributed by atoms with Crippen LogP contribution in [0.1, 0.15) is 50.5 Å². The van der Waals surface area contributed by atoms with Gasteiger partial charge < -0.3 is 9.32 Å². The van der Waals surface area contributed by atoms with Gasteiger partial charge in [-0.3, -0.25) is 9.36 Å². The minimum Gasteiger partial charge on any atom is -0.408 e. The van der Waals surface area contributed by atoms with Crippen LogP contribution in [0.4, 0.5) is 4.39 Å². The minimum absolute atomic E-state index is 0.0899. The van der Waals surface area contributed by atoms with Crippen molar-refractivity contribution in [1.29, 1.82) is 0 Å². The van der Waals surface area contributed by atoms with Gasteiger partial charge in [0.1, 0.15) is 5.82 Å². The number of oxazole rings is 1. The van der Waals surface area contributed by atoms with E-state index in [1.165, 1.54) is 18.6 Å². The second kappa shape index (κ2) is 9.28. The van der Waals surface area contributed by atoms with E-state index in [9.17, 15) is 14.0 Å². The van der Waals surface area contributed by atoms with Gasteiger partial charge in [0.15, 0.2) is 5.58 Å². The SMILES string of the molecule is O=C(CCCn1c(=O)oc2ccccc21)N(Cc1ccc(F)cc1)C1CCCCC1. The average Bonchev–Trinajstić information content (AvgIpc) is 3.09. The summed E-state index contributed by atoms with van der Waals surface area (Å²) in [6.45, 7) is 0.939. The molecule has 3 aromatic rings. The van der Waals surface area contributed by atoms with Crippen LogP contribution in [0.25, 0.3) is 11.1 Å². The third kappa shape index (κ3) is 4.64. The summed E-state index contributed by atoms with van der Waals surface area (Å²) >= 11 is 0. The summed E-state index contributed by atoms with van der Waals surface area (Å²) in [6, 6.07) is 13.9. The Morgan fingerprint density at radius 1 is 1.07 bits per heavy atom. The van der Waals surface area contributed by atoms with Gasteiger partial charge in [-0.2, -0.15) is 0 Å². The number of hydrogen-bond acceptors (Lipinski definition) is 3. The lowest BCUT2D eigenvalue weighted by Crippen LogP contribution is -2.41. The monoisotopic (exact) mass is 410 g/mol. The van der Waals surface area contributed by atoms with Crippen molar-refractivity contribution in [3.63, 3.8) is 0 Å². The van der Waals surface area contributed by atoms with Crippen molar-refractivity contribution in [3.05, 3.63) is 70.5 Å². The molecule has 1 saturated carbocycles. The number of amides is 1. The highest BCUT2D eigenvalue weighted by molar-refractivity contribution is 5.76. The molecule has 0 bridgehead atoms. The first-order valence-electron chi connectivity index (χ1n) is 10.7. The summed E-state index contributed by atoms with van der Waals surface area (Å²) in [5.74, 6) is -0.571. The number of aromatic nitrogens is 1. The summed E-state index contributed by atoms with van der Waals surface area (Å²) in [7, 11) is 0. The van der Waals surface area contributed by atoms with E-state index in [-0.39, 0.29) is 23.5 Å². The lowest BCUT2D eigenvalue weighted by molar-refractivity contribution is -0.135. The van der Waals surface area contributed by atoms with Gasteiger partial charge in [0.05, 0.1) is 5.52 Å². The molecule has 0 aliphatic heterocycles. The first kappa shape index (κ1) is 20.4. The second-order valence-corrected chi connectivity index (χ2v) is 8.03. The Morgan fingerprint density at radius 3 is 2.57 bits per heavy atom. The Kier molecular flexibility index (Phi) is 6.31. The smallest absolute Gasteiger partial charge is 0.408 e. The van der Waals surface area contributed by atoms with Crippen LogP contribution in [-0.2, 0) is 17.9 Å². The molecule has 4 rings (SSSR count). The van der Waals surface area contributed by atoms with Crippen LogP contribution >= 0.6 is 0 Å². The van der Waals surface area contributed by atoms with Gasteiger partial charge in [0.25, 0.3) is 0 Å². The van der Waals surface area contributed by atoms with Crippen molar-refractivity contribution in [2.45, 2.75) is 64.1 Å². The third-order valence-corrected chi connectivity index (χ3v) is 5.95. The summed E-state index contributed by atoms with van der Waals surface area (Å²) < 4.78 is 20.1. The molecule has 0 saturated heterocycles. The van der Waals surface area contributed by atoms with Crippen LogP contribution < -0.4 is 5.76 Å². The number of halogens is 1. The maximum absolute atomic E-state index is 13.3. The molecular weight excluding hydrogens is 383 g/mol. The quantitative estimate of drug-likeness (QED) is 0.558. The van der Waals surface area contributed by atoms with Gasteiger partial charge in [-0.05, 0) is 49.1 Å². The van der Waals surface area contributed by atoms with Gasteiger partial charge in [-0.25, -0.2) is 9.18 Å². The molecule has 2 aromatic carbocycles. The predicted octanol–water partition coefficient (Wildman–Crippen LogP) is 4.88. The van der Waals surface area contributed by atoms with Crippen LogP contribution in [0, 0.1) is 5.82 Å². The Bertz CT molecular complexity index is 1050. The Labute approximate surface area is 175 Å². The molecular formula is C24H27FN2O3. The van der Waals surface area contributed by atoms with Crippen molar-refractivity contribution in [3.8, 4) is 0 Å². The zero-order chi connectivity index (χ0) is 20.9. The van der Waals surface area contributed by atoms with E-state index < -0.39 is 0 Å². The fourth-order valence-corrected chi connectivity index (χ4v) is 4.36. The molecule has 158 valence electrons. The van der Waals surface area contributed by atoms with Crippen LogP contribution in [0.5, 0.6) is 0 Å². The largest absolute Gasteiger partial charge is 0.419 e. The summed E-state index contributed by atoms with van der Waals surface area (Å²) in [6.07, 6.45) is 6.43. The van der Waals surface area contributed by atoms with Gasteiger partial charge >= 0.3 is 5.76 Å². The highest BCUT2D eigenvalue weighted by atomic mass is 19.1. The fourth-order valence-electron chi connectivity index (χ4n) is 4.36. The number of rotatable bonds is 7. The van der Waals surface area contributed by atoms with Crippen LogP contribution in [0.15, 0.2) is 57.7 Å². The van der Waals surface area contributed by atoms with Crippen molar-refractivity contribution < 1.29 is 13.6 Å². The number of aryl methyl sites for hydroxylation is 1. The number of fused-ring (bicyclic) bond motifs is 1. The van der Waals surface area contributed by atoms with Crippen LogP contribution in [0.2, 0.25) is 0 Å². The number of nitrogens with zero attached hydrogens (tertiary/aromatic N) is 2. The van der Waals surface area contributed by atoms with E-state index in [0.29, 0.717) is 31.5 Å². The van der Waals surface area contributed by atoms with E-state index >= 15 is 0 Å². The number of benzene rings is 2. The van der Waals surface area contributed by atoms with Gasteiger partial charge in [0.2, 0.25) is 5.91 Å². The maximum Gasteiger partial charge on any atom is 0.419 e. The molecule has 5 nitrogen and oxygen atoms in total. The van der Waals surface area contributed by atoms with Crippen molar-refractivity contribution in [1.82, 2.24) is 9.47 Å². The van der Waals surface area contributed by atoms with Crippen molar-refractivity contribution in [2.24, 2.45) is 0 Å². The Hall–Kier alpha value is -2.89. The molecule has 0 spiro atoms. The third-order valence-electron chi connectivity index (χ3n) is 5.95. The number of carbonyl (C=O) groups is 1. The normalized spacial score (nSPS) is 14.8. The molecule has 1 aliphatic rings. The molecule has 30 heavy (non-hydrogen) atoms. The summed E-state index contributed by atoms with van der Waals surface area (Å²) in [4.78, 5) is 27.2. The van der Waals surface area contributed by atoms with Crippen LogP contribution in [0.3, 0.4) is 0 Å². The first-order valence-corrected chi connectivity index (χ1v) is 10.7. The zero-order valence-corrected chi connectivity index (χ0v) is 17.1. The summed E-state index contributed by atoms with van der Waals surface area (Å²) in [5.41, 5.74) is 2.26. The molecule has 6 heteroatoms. The van der Waals surface area contributed by atoms with Gasteiger partial charge in [0, 0.05) is 25.6 Å². The Morgan fingerprint density at radius 2 is 1.80 bits per heavy atom. The molecule has 1 aromatic heterocycles. The number of carbonyl (C=O) groups excluding carboxylic acids is 1. The molecule has 0 atom stereocenters. The fraction of sp³-hybridized carbons (Fsp3) is 0.417. The molecule has 1 aliphatic carbocycles. The van der Waals surface area contributed by atoms with E-state index in [4.69, 9.17) is 4.42 Å². The lowest BCUT2D eigenvalue weighted by Gasteiger charge is -2.34. The topological polar surface area (TPSA) is 55.5 Å². The van der Waals surface area contributed by atoms with Crippen molar-refractivity contribution >= 4 is 17.0 Å². The zero-order valence-electron chi connectivity index (χ0n) is 17.1. The van der Waals surface area contributed by atoms with E-state index in [2.05, 4.69) is 0 Å². The lowest BCUT2D eigenvalue weighted by atomic mass is 9.93. The highest BCUT2D eigenvalue weighted by Gasteiger charge is 2.25. The van der Waals surface area contributed by atoms with Gasteiger partial charge in [-0.1, -0.05) is 43.5 Å². The molecule has 1 amide bonds. The summed E-state index contributed by atoms with van der Waals surface area (Å²) in [5, 5.41) is 0. The maximum atomic E-state index is 13.3. The molecule has 1 fully saturated rings. The van der Waals surface area contributed by atoms with Gasteiger partial charge in [-0.15, -0.1) is 0 Å². The molecule has 1 heterocycles. The van der Waals surface area contributed by atoms with E-state index in [1.54, 1.807) is 22.8 Å². The van der Waals surface area contributed by atoms with E-state index in [0.717, 1.165) is 36.8 Å². The van der Waals surface area contributed by atoms with Crippen LogP contribution in [-0.4, -0.2) is 21.4 Å². The highest BCUT2D eigenvalue weighted by Crippen LogP contribution is 2.25. The second-order valence-electron chi connectivity index (χ2n) is 8.03. The number of para-hydroxylation sites is 2. The van der Waals surface area contributed by atoms with Crippen molar-refractivity contribution in [2.75, 3.05) is 0 Å².